The van der Waals surface area contributed by atoms with Crippen molar-refractivity contribution in [3.05, 3.63) is 82.8 Å². The van der Waals surface area contributed by atoms with Crippen molar-refractivity contribution in [3.63, 3.8) is 0 Å². The van der Waals surface area contributed by atoms with Gasteiger partial charge in [0.15, 0.2) is 0 Å². The second-order valence-corrected chi connectivity index (χ2v) is 10.3. The zero-order chi connectivity index (χ0) is 28.0. The van der Waals surface area contributed by atoms with Gasteiger partial charge in [0, 0.05) is 54.2 Å². The largest absolute Gasteiger partial charge is 0.477 e. The molecule has 1 saturated carbocycles. The summed E-state index contributed by atoms with van der Waals surface area (Å²) in [5.74, 6) is -0.0726. The number of carboxylic acids is 1. The number of carbonyl (C=O) groups is 1. The fourth-order valence-corrected chi connectivity index (χ4v) is 5.18. The summed E-state index contributed by atoms with van der Waals surface area (Å²) in [5.41, 5.74) is 2.40. The molecule has 2 aliphatic rings. The summed E-state index contributed by atoms with van der Waals surface area (Å²) in [4.78, 5) is 17.9. The van der Waals surface area contributed by atoms with E-state index in [1.165, 1.54) is 18.2 Å². The van der Waals surface area contributed by atoms with Crippen LogP contribution in [0.4, 0.5) is 18.9 Å². The van der Waals surface area contributed by atoms with Crippen LogP contribution in [0.25, 0.3) is 28.2 Å². The van der Waals surface area contributed by atoms with E-state index in [1.807, 2.05) is 30.4 Å². The molecule has 3 heterocycles. The highest BCUT2D eigenvalue weighted by molar-refractivity contribution is 5.93. The van der Waals surface area contributed by atoms with Gasteiger partial charge in [-0.15, -0.1) is 0 Å². The van der Waals surface area contributed by atoms with E-state index in [4.69, 9.17) is 9.26 Å². The topological polar surface area (TPSA) is 88.7 Å². The van der Waals surface area contributed by atoms with E-state index in [-0.39, 0.29) is 35.4 Å². The summed E-state index contributed by atoms with van der Waals surface area (Å²) in [6.45, 7) is 1.71. The van der Waals surface area contributed by atoms with E-state index < -0.39 is 17.7 Å². The molecule has 0 amide bonds. The fraction of sp³-hybridized carbons (Fsp3) is 0.300. The highest BCUT2D eigenvalue weighted by Gasteiger charge is 2.37. The predicted octanol–water partition coefficient (Wildman–Crippen LogP) is 6.78. The minimum Gasteiger partial charge on any atom is -0.477 e. The Morgan fingerprint density at radius 1 is 1.18 bits per heavy atom. The number of halogens is 3. The molecule has 0 unspecified atom stereocenters. The Balaban J connectivity index is 1.24. The number of carboxylic acid groups (broad SMARTS) is 1. The van der Waals surface area contributed by atoms with Crippen molar-refractivity contribution in [2.24, 2.45) is 5.92 Å². The van der Waals surface area contributed by atoms with E-state index in [9.17, 15) is 23.1 Å². The Kier molecular flexibility index (Phi) is 6.58. The number of pyridine rings is 1. The molecule has 0 atom stereocenters. The van der Waals surface area contributed by atoms with Crippen LogP contribution < -0.4 is 4.90 Å². The number of aromatic nitrogens is 2. The minimum absolute atomic E-state index is 0.0169. The van der Waals surface area contributed by atoms with E-state index in [0.717, 1.165) is 48.6 Å². The minimum atomic E-state index is -4.50. The number of benzene rings is 2. The molecule has 4 aromatic rings. The number of methoxy groups -OCH3 is 1. The molecule has 1 aliphatic heterocycles. The highest BCUT2D eigenvalue weighted by atomic mass is 19.4. The van der Waals surface area contributed by atoms with Crippen LogP contribution in [-0.4, -0.2) is 41.4 Å². The quantitative estimate of drug-likeness (QED) is 0.259. The molecule has 2 fully saturated rings. The van der Waals surface area contributed by atoms with E-state index in [1.54, 1.807) is 13.2 Å². The summed E-state index contributed by atoms with van der Waals surface area (Å²) in [7, 11) is 1.56. The van der Waals surface area contributed by atoms with Gasteiger partial charge in [-0.3, -0.25) is 0 Å². The lowest BCUT2D eigenvalue weighted by Gasteiger charge is -2.40. The van der Waals surface area contributed by atoms with Crippen LogP contribution >= 0.6 is 0 Å². The van der Waals surface area contributed by atoms with Crippen molar-refractivity contribution in [2.75, 3.05) is 25.1 Å². The van der Waals surface area contributed by atoms with Gasteiger partial charge in [0.1, 0.15) is 17.1 Å². The van der Waals surface area contributed by atoms with Crippen LogP contribution in [-0.2, 0) is 17.5 Å². The number of ether oxygens (including phenoxy) is 1. The maximum atomic E-state index is 13.7. The summed E-state index contributed by atoms with van der Waals surface area (Å²) in [5, 5.41) is 14.3. The maximum absolute atomic E-state index is 13.7. The van der Waals surface area contributed by atoms with Crippen LogP contribution in [0, 0.1) is 5.92 Å². The molecule has 1 N–H and O–H groups in total. The molecule has 0 spiro atoms. The smallest absolute Gasteiger partial charge is 0.417 e. The maximum Gasteiger partial charge on any atom is 0.417 e. The molecular weight excluding hydrogens is 523 g/mol. The summed E-state index contributed by atoms with van der Waals surface area (Å²) < 4.78 is 52.0. The third kappa shape index (κ3) is 4.95. The number of hydrogen-bond acceptors (Lipinski definition) is 6. The second-order valence-electron chi connectivity index (χ2n) is 10.3. The van der Waals surface area contributed by atoms with Crippen molar-refractivity contribution in [1.82, 2.24) is 10.1 Å². The molecule has 6 rings (SSSR count). The summed E-state index contributed by atoms with van der Waals surface area (Å²) in [6, 6.07) is 12.7. The van der Waals surface area contributed by atoms with Gasteiger partial charge in [-0.1, -0.05) is 35.5 Å². The highest BCUT2D eigenvalue weighted by Crippen LogP contribution is 2.46. The van der Waals surface area contributed by atoms with Gasteiger partial charge in [0.25, 0.3) is 0 Å². The van der Waals surface area contributed by atoms with Gasteiger partial charge in [-0.2, -0.15) is 13.2 Å². The van der Waals surface area contributed by atoms with Crippen molar-refractivity contribution >= 4 is 28.6 Å². The van der Waals surface area contributed by atoms with Crippen LogP contribution in [0.15, 0.2) is 59.1 Å². The van der Waals surface area contributed by atoms with Gasteiger partial charge in [0.05, 0.1) is 17.7 Å². The van der Waals surface area contributed by atoms with E-state index >= 15 is 0 Å². The monoisotopic (exact) mass is 549 g/mol. The van der Waals surface area contributed by atoms with Crippen molar-refractivity contribution in [1.29, 1.82) is 0 Å². The number of alkyl halides is 3. The lowest BCUT2D eigenvalue weighted by atomic mass is 9.94. The fourth-order valence-electron chi connectivity index (χ4n) is 5.18. The lowest BCUT2D eigenvalue weighted by Crippen LogP contribution is -2.45. The first-order chi connectivity index (χ1) is 19.2. The Morgan fingerprint density at radius 2 is 1.95 bits per heavy atom. The van der Waals surface area contributed by atoms with Crippen molar-refractivity contribution in [3.8, 4) is 11.3 Å². The zero-order valence-corrected chi connectivity index (χ0v) is 21.6. The molecule has 0 bridgehead atoms. The average molecular weight is 550 g/mol. The summed E-state index contributed by atoms with van der Waals surface area (Å²) in [6.07, 6.45) is 1.25. The van der Waals surface area contributed by atoms with Gasteiger partial charge in [0.2, 0.25) is 0 Å². The van der Waals surface area contributed by atoms with Crippen molar-refractivity contribution < 1.29 is 32.3 Å². The molecule has 1 aliphatic carbocycles. The van der Waals surface area contributed by atoms with Gasteiger partial charge in [-0.25, -0.2) is 9.78 Å². The molecule has 0 radical (unpaired) electrons. The SMILES string of the molecule is COCc1cc(C(=O)O)nc2ccc(N3CC(/C=C/c4c(-c5ccccc5C(F)(F)F)noc4C4CC4)C3)cc12. The van der Waals surface area contributed by atoms with Crippen molar-refractivity contribution in [2.45, 2.75) is 31.5 Å². The van der Waals surface area contributed by atoms with Gasteiger partial charge in [-0.05, 0) is 48.7 Å². The molecule has 7 nitrogen and oxygen atoms in total. The average Bonchev–Trinajstić information content (AvgIpc) is 3.66. The standard InChI is InChI=1S/C30H26F3N3O4/c1-39-16-19-12-26(29(37)38)34-25-11-9-20(13-23(19)25)36-14-17(15-36)6-10-22-27(35-40-28(22)18-7-8-18)21-4-2-3-5-24(21)30(31,32)33/h2-6,9-13,17-18H,7-8,14-16H2,1H3,(H,37,38)/b10-6+. The van der Waals surface area contributed by atoms with Crippen LogP contribution in [0.5, 0.6) is 0 Å². The molecule has 2 aromatic heterocycles. The lowest BCUT2D eigenvalue weighted by molar-refractivity contribution is -0.137. The zero-order valence-electron chi connectivity index (χ0n) is 21.6. The number of rotatable bonds is 8. The number of fused-ring (bicyclic) bond motifs is 1. The Bertz CT molecular complexity index is 1620. The van der Waals surface area contributed by atoms with Gasteiger partial charge < -0.3 is 19.3 Å². The molecule has 10 heteroatoms. The third-order valence-corrected chi connectivity index (χ3v) is 7.40. The molecule has 206 valence electrons. The first-order valence-electron chi connectivity index (χ1n) is 13.0. The predicted molar refractivity (Wildman–Crippen MR) is 143 cm³/mol. The Labute approximate surface area is 227 Å². The third-order valence-electron chi connectivity index (χ3n) is 7.40. The van der Waals surface area contributed by atoms with Crippen LogP contribution in [0.3, 0.4) is 0 Å². The first-order valence-corrected chi connectivity index (χ1v) is 13.0. The van der Waals surface area contributed by atoms with E-state index in [0.29, 0.717) is 16.8 Å². The van der Waals surface area contributed by atoms with E-state index in [2.05, 4.69) is 15.0 Å². The Hall–Kier alpha value is -4.18. The van der Waals surface area contributed by atoms with Crippen LogP contribution in [0.2, 0.25) is 0 Å². The first kappa shape index (κ1) is 26.1. The molecular formula is C30H26F3N3O4. The molecule has 2 aromatic carbocycles. The summed E-state index contributed by atoms with van der Waals surface area (Å²) >= 11 is 0. The molecule has 1 saturated heterocycles. The Morgan fingerprint density at radius 3 is 2.65 bits per heavy atom. The second kappa shape index (κ2) is 10.1. The van der Waals surface area contributed by atoms with Crippen LogP contribution in [0.1, 0.15) is 51.7 Å². The molecule has 40 heavy (non-hydrogen) atoms. The number of anilines is 1. The van der Waals surface area contributed by atoms with Gasteiger partial charge >= 0.3 is 12.1 Å². The normalized spacial score (nSPS) is 16.1. The number of aromatic carboxylic acids is 1. The number of nitrogens with zero attached hydrogens (tertiary/aromatic N) is 3. The number of hydrogen-bond donors (Lipinski definition) is 1.